The van der Waals surface area contributed by atoms with Crippen LogP contribution in [-0.2, 0) is 4.79 Å². The number of nitrogens with zero attached hydrogens (tertiary/aromatic N) is 4. The van der Waals surface area contributed by atoms with E-state index in [0.717, 1.165) is 0 Å². The number of carbonyl (C=O) groups excluding carboxylic acids is 1. The Kier molecular flexibility index (Phi) is 3.92. The Labute approximate surface area is 152 Å². The molecule has 0 saturated carbocycles. The number of non-ortho nitro benzene ring substituents is 1. The first kappa shape index (κ1) is 16.3. The van der Waals surface area contributed by atoms with Gasteiger partial charge < -0.3 is 0 Å². The SMILES string of the molecule is CSC1=NN2C(=c3ccccc3=NC2c2ccc([N+](=O)[O-])cc2)C(=O)N1. The summed E-state index contributed by atoms with van der Waals surface area (Å²) in [6.07, 6.45) is 1.24. The molecule has 1 unspecified atom stereocenters. The Bertz CT molecular complexity index is 1060. The Morgan fingerprint density at radius 2 is 1.92 bits per heavy atom. The summed E-state index contributed by atoms with van der Waals surface area (Å²) >= 11 is 1.32. The molecule has 2 aromatic carbocycles. The van der Waals surface area contributed by atoms with Crippen molar-refractivity contribution >= 4 is 34.2 Å². The van der Waals surface area contributed by atoms with E-state index in [1.807, 2.05) is 30.5 Å². The zero-order chi connectivity index (χ0) is 18.3. The van der Waals surface area contributed by atoms with Crippen LogP contribution in [0.1, 0.15) is 11.7 Å². The van der Waals surface area contributed by atoms with Gasteiger partial charge in [0, 0.05) is 17.4 Å². The molecular weight excluding hydrogens is 354 g/mol. The Hall–Kier alpha value is -3.20. The van der Waals surface area contributed by atoms with Gasteiger partial charge in [-0.2, -0.15) is 0 Å². The molecule has 1 amide bonds. The standard InChI is InChI=1S/C17H13N5O3S/c1-26-17-19-16(23)14-12-4-2-3-5-13(12)18-15(21(14)20-17)10-6-8-11(9-7-10)22(24)25/h2-9,15H,1H3,(H,19,20,23). The van der Waals surface area contributed by atoms with Crippen LogP contribution in [0.4, 0.5) is 5.69 Å². The van der Waals surface area contributed by atoms with Crippen molar-refractivity contribution in [2.24, 2.45) is 10.1 Å². The summed E-state index contributed by atoms with van der Waals surface area (Å²) < 4.78 is 0. The average molecular weight is 367 g/mol. The fraction of sp³-hybridized carbons (Fsp3) is 0.118. The van der Waals surface area contributed by atoms with E-state index in [1.165, 1.54) is 23.9 Å². The number of hydrogen-bond acceptors (Lipinski definition) is 7. The van der Waals surface area contributed by atoms with Gasteiger partial charge in [-0.3, -0.25) is 25.2 Å². The third-order valence-corrected chi connectivity index (χ3v) is 4.68. The summed E-state index contributed by atoms with van der Waals surface area (Å²) in [5.74, 6) is -0.251. The molecule has 0 radical (unpaired) electrons. The van der Waals surface area contributed by atoms with Gasteiger partial charge in [-0.15, -0.1) is 5.10 Å². The van der Waals surface area contributed by atoms with E-state index in [-0.39, 0.29) is 11.6 Å². The molecular formula is C17H13N5O3S. The number of thioether (sulfide) groups is 1. The third kappa shape index (κ3) is 2.62. The highest BCUT2D eigenvalue weighted by atomic mass is 32.2. The van der Waals surface area contributed by atoms with E-state index in [4.69, 9.17) is 4.99 Å². The monoisotopic (exact) mass is 367 g/mol. The number of carbonyl (C=O) groups is 1. The highest BCUT2D eigenvalue weighted by Crippen LogP contribution is 2.31. The molecule has 26 heavy (non-hydrogen) atoms. The van der Waals surface area contributed by atoms with Crippen LogP contribution in [0.25, 0.3) is 5.70 Å². The minimum Gasteiger partial charge on any atom is -0.298 e. The number of benzene rings is 2. The number of fused-ring (bicyclic) bond motifs is 2. The molecule has 0 aromatic heterocycles. The van der Waals surface area contributed by atoms with E-state index >= 15 is 0 Å². The van der Waals surface area contributed by atoms with Crippen molar-refractivity contribution in [3.05, 3.63) is 74.8 Å². The Morgan fingerprint density at radius 3 is 2.62 bits per heavy atom. The lowest BCUT2D eigenvalue weighted by molar-refractivity contribution is -0.384. The molecule has 4 rings (SSSR count). The van der Waals surface area contributed by atoms with Crippen LogP contribution >= 0.6 is 11.8 Å². The average Bonchev–Trinajstić information content (AvgIpc) is 2.67. The van der Waals surface area contributed by atoms with Crippen LogP contribution < -0.4 is 15.9 Å². The fourth-order valence-electron chi connectivity index (χ4n) is 2.90. The molecule has 0 bridgehead atoms. The summed E-state index contributed by atoms with van der Waals surface area (Å²) in [6.45, 7) is 0. The minimum absolute atomic E-state index is 0.00106. The van der Waals surface area contributed by atoms with E-state index in [2.05, 4.69) is 10.4 Å². The second-order valence-corrected chi connectivity index (χ2v) is 6.42. The third-order valence-electron chi connectivity index (χ3n) is 4.11. The van der Waals surface area contributed by atoms with Gasteiger partial charge in [0.1, 0.15) is 5.70 Å². The predicted octanol–water partition coefficient (Wildman–Crippen LogP) is 1.10. The predicted molar refractivity (Wildman–Crippen MR) is 97.4 cm³/mol. The molecule has 0 spiro atoms. The van der Waals surface area contributed by atoms with E-state index in [1.54, 1.807) is 17.1 Å². The van der Waals surface area contributed by atoms with Crippen molar-refractivity contribution in [3.63, 3.8) is 0 Å². The van der Waals surface area contributed by atoms with Crippen molar-refractivity contribution in [2.45, 2.75) is 6.17 Å². The molecule has 0 aliphatic carbocycles. The van der Waals surface area contributed by atoms with Crippen LogP contribution in [0.15, 0.2) is 58.6 Å². The highest BCUT2D eigenvalue weighted by Gasteiger charge is 2.34. The molecule has 130 valence electrons. The summed E-state index contributed by atoms with van der Waals surface area (Å²) in [6, 6.07) is 13.5. The molecule has 2 aromatic rings. The topological polar surface area (TPSA) is 100 Å². The first-order chi connectivity index (χ1) is 12.6. The van der Waals surface area contributed by atoms with E-state index in [0.29, 0.717) is 27.0 Å². The lowest BCUT2D eigenvalue weighted by Gasteiger charge is -2.33. The van der Waals surface area contributed by atoms with Crippen molar-refractivity contribution in [1.29, 1.82) is 0 Å². The normalized spacial score (nSPS) is 18.3. The lowest BCUT2D eigenvalue weighted by Crippen LogP contribution is -2.50. The first-order valence-corrected chi connectivity index (χ1v) is 8.95. The van der Waals surface area contributed by atoms with Crippen molar-refractivity contribution in [1.82, 2.24) is 10.3 Å². The molecule has 2 aliphatic rings. The van der Waals surface area contributed by atoms with Gasteiger partial charge >= 0.3 is 0 Å². The first-order valence-electron chi connectivity index (χ1n) is 7.73. The number of hydrogen-bond donors (Lipinski definition) is 1. The van der Waals surface area contributed by atoms with Crippen LogP contribution in [0.5, 0.6) is 0 Å². The lowest BCUT2D eigenvalue weighted by atomic mass is 10.1. The number of para-hydroxylation sites is 1. The Morgan fingerprint density at radius 1 is 1.19 bits per heavy atom. The maximum Gasteiger partial charge on any atom is 0.276 e. The van der Waals surface area contributed by atoms with Crippen molar-refractivity contribution < 1.29 is 9.72 Å². The van der Waals surface area contributed by atoms with Crippen molar-refractivity contribution in [3.8, 4) is 0 Å². The fourth-order valence-corrected chi connectivity index (χ4v) is 3.27. The van der Waals surface area contributed by atoms with Crippen LogP contribution in [0, 0.1) is 10.1 Å². The molecule has 1 atom stereocenters. The van der Waals surface area contributed by atoms with Gasteiger partial charge in [0.2, 0.25) is 0 Å². The van der Waals surface area contributed by atoms with Gasteiger partial charge in [-0.25, -0.2) is 5.01 Å². The minimum atomic E-state index is -0.575. The number of amides is 1. The molecule has 0 fully saturated rings. The zero-order valence-electron chi connectivity index (χ0n) is 13.6. The number of nitro benzene ring substituents is 1. The van der Waals surface area contributed by atoms with Crippen LogP contribution in [0.3, 0.4) is 0 Å². The summed E-state index contributed by atoms with van der Waals surface area (Å²) in [5.41, 5.74) is 1.12. The molecule has 0 saturated heterocycles. The number of hydrazone groups is 1. The maximum absolute atomic E-state index is 12.7. The van der Waals surface area contributed by atoms with Gasteiger partial charge in [0.25, 0.3) is 11.6 Å². The zero-order valence-corrected chi connectivity index (χ0v) is 14.4. The molecule has 2 aliphatic heterocycles. The number of nitro groups is 1. The largest absolute Gasteiger partial charge is 0.298 e. The Balaban J connectivity index is 1.91. The summed E-state index contributed by atoms with van der Waals surface area (Å²) in [4.78, 5) is 27.8. The van der Waals surface area contributed by atoms with Gasteiger partial charge in [0.05, 0.1) is 10.3 Å². The molecule has 2 heterocycles. The summed E-state index contributed by atoms with van der Waals surface area (Å²) in [7, 11) is 0. The second-order valence-electron chi connectivity index (χ2n) is 5.63. The smallest absolute Gasteiger partial charge is 0.276 e. The number of rotatable bonds is 2. The van der Waals surface area contributed by atoms with Crippen molar-refractivity contribution in [2.75, 3.05) is 6.26 Å². The van der Waals surface area contributed by atoms with Crippen LogP contribution in [-0.4, -0.2) is 27.3 Å². The van der Waals surface area contributed by atoms with Gasteiger partial charge in [-0.05, 0) is 30.0 Å². The van der Waals surface area contributed by atoms with Gasteiger partial charge in [-0.1, -0.05) is 30.0 Å². The summed E-state index contributed by atoms with van der Waals surface area (Å²) in [5, 5.41) is 21.6. The highest BCUT2D eigenvalue weighted by molar-refractivity contribution is 8.13. The van der Waals surface area contributed by atoms with E-state index in [9.17, 15) is 14.9 Å². The number of amidine groups is 1. The maximum atomic E-state index is 12.7. The van der Waals surface area contributed by atoms with Gasteiger partial charge in [0.15, 0.2) is 11.3 Å². The second kappa shape index (κ2) is 6.26. The quantitative estimate of drug-likeness (QED) is 0.633. The molecule has 8 nitrogen and oxygen atoms in total. The van der Waals surface area contributed by atoms with E-state index < -0.39 is 11.1 Å². The molecule has 9 heteroatoms. The van der Waals surface area contributed by atoms with Crippen LogP contribution in [0.2, 0.25) is 0 Å². The number of nitrogens with one attached hydrogen (secondary N) is 1. The molecule has 1 N–H and O–H groups in total.